The summed E-state index contributed by atoms with van der Waals surface area (Å²) in [6.45, 7) is 2.02. The van der Waals surface area contributed by atoms with E-state index >= 15 is 0 Å². The molecule has 0 aromatic heterocycles. The molecule has 0 saturated heterocycles. The maximum atomic E-state index is 12.5. The summed E-state index contributed by atoms with van der Waals surface area (Å²) in [5.74, 6) is -0.0523. The minimum atomic E-state index is -0.654. The summed E-state index contributed by atoms with van der Waals surface area (Å²) in [5.41, 5.74) is 7.17. The fourth-order valence-corrected chi connectivity index (χ4v) is 2.93. The Balaban J connectivity index is 2.16. The smallest absolute Gasteiger partial charge is 0.237 e. The van der Waals surface area contributed by atoms with Gasteiger partial charge in [0.1, 0.15) is 0 Å². The van der Waals surface area contributed by atoms with Gasteiger partial charge in [-0.25, -0.2) is 0 Å². The van der Waals surface area contributed by atoms with Crippen molar-refractivity contribution >= 4 is 28.8 Å². The van der Waals surface area contributed by atoms with Gasteiger partial charge in [-0.05, 0) is 31.9 Å². The van der Waals surface area contributed by atoms with Gasteiger partial charge in [0.15, 0.2) is 0 Å². The number of nitrogens with one attached hydrogen (secondary N) is 1. The predicted molar refractivity (Wildman–Crippen MR) is 82.1 cm³/mol. The average Bonchev–Trinajstić information content (AvgIpc) is 2.42. The van der Waals surface area contributed by atoms with E-state index in [1.165, 1.54) is 5.56 Å². The van der Waals surface area contributed by atoms with Crippen LogP contribution in [0.3, 0.4) is 0 Å². The molecule has 1 aliphatic rings. The molecular formula is C15H20N2OS. The average molecular weight is 276 g/mol. The fraction of sp³-hybridized carbons (Fsp3) is 0.467. The van der Waals surface area contributed by atoms with Crippen LogP contribution >= 0.6 is 12.2 Å². The van der Waals surface area contributed by atoms with Crippen molar-refractivity contribution in [2.75, 3.05) is 5.32 Å². The van der Waals surface area contributed by atoms with Gasteiger partial charge in [-0.1, -0.05) is 49.2 Å². The lowest BCUT2D eigenvalue weighted by Gasteiger charge is -2.34. The number of carbonyl (C=O) groups is 1. The molecule has 1 aromatic carbocycles. The van der Waals surface area contributed by atoms with E-state index in [-0.39, 0.29) is 5.91 Å². The van der Waals surface area contributed by atoms with Crippen LogP contribution in [0.4, 0.5) is 5.69 Å². The monoisotopic (exact) mass is 276 g/mol. The van der Waals surface area contributed by atoms with Crippen molar-refractivity contribution in [2.45, 2.75) is 39.0 Å². The van der Waals surface area contributed by atoms with Crippen molar-refractivity contribution in [2.24, 2.45) is 11.1 Å². The third-order valence-corrected chi connectivity index (χ3v) is 4.31. The first-order valence-corrected chi connectivity index (χ1v) is 7.13. The van der Waals surface area contributed by atoms with Crippen molar-refractivity contribution in [3.8, 4) is 0 Å². The highest BCUT2D eigenvalue weighted by molar-refractivity contribution is 7.80. The number of carbonyl (C=O) groups excluding carboxylic acids is 1. The van der Waals surface area contributed by atoms with E-state index in [9.17, 15) is 4.79 Å². The molecule has 0 aliphatic heterocycles. The molecule has 3 N–H and O–H groups in total. The van der Waals surface area contributed by atoms with E-state index in [1.54, 1.807) is 0 Å². The van der Waals surface area contributed by atoms with Gasteiger partial charge in [-0.15, -0.1) is 0 Å². The first-order chi connectivity index (χ1) is 9.04. The topological polar surface area (TPSA) is 55.1 Å². The molecule has 1 aliphatic carbocycles. The Bertz CT molecular complexity index is 475. The summed E-state index contributed by atoms with van der Waals surface area (Å²) in [7, 11) is 0. The van der Waals surface area contributed by atoms with Crippen LogP contribution < -0.4 is 11.1 Å². The lowest BCUT2D eigenvalue weighted by Crippen LogP contribution is -2.47. The molecule has 19 heavy (non-hydrogen) atoms. The van der Waals surface area contributed by atoms with Crippen LogP contribution in [0.5, 0.6) is 0 Å². The number of aryl methyl sites for hydroxylation is 1. The first kappa shape index (κ1) is 14.0. The first-order valence-electron chi connectivity index (χ1n) is 6.73. The number of thiocarbonyl (C=S) groups is 1. The van der Waals surface area contributed by atoms with Crippen molar-refractivity contribution in [1.29, 1.82) is 0 Å². The van der Waals surface area contributed by atoms with Gasteiger partial charge in [0, 0.05) is 5.69 Å². The molecule has 0 heterocycles. The van der Waals surface area contributed by atoms with E-state index < -0.39 is 5.41 Å². The van der Waals surface area contributed by atoms with Crippen molar-refractivity contribution in [3.63, 3.8) is 0 Å². The summed E-state index contributed by atoms with van der Waals surface area (Å²) >= 11 is 5.16. The molecule has 2 rings (SSSR count). The highest BCUT2D eigenvalue weighted by atomic mass is 32.1. The van der Waals surface area contributed by atoms with E-state index in [4.69, 9.17) is 18.0 Å². The number of anilines is 1. The van der Waals surface area contributed by atoms with Gasteiger partial charge < -0.3 is 11.1 Å². The molecule has 1 amide bonds. The van der Waals surface area contributed by atoms with Crippen LogP contribution in [0.25, 0.3) is 0 Å². The molecule has 0 bridgehead atoms. The lowest BCUT2D eigenvalue weighted by molar-refractivity contribution is -0.123. The van der Waals surface area contributed by atoms with Crippen LogP contribution in [0.1, 0.15) is 37.7 Å². The molecule has 0 unspecified atom stereocenters. The van der Waals surface area contributed by atoms with E-state index in [1.807, 2.05) is 31.2 Å². The van der Waals surface area contributed by atoms with Crippen molar-refractivity contribution in [1.82, 2.24) is 0 Å². The summed E-state index contributed by atoms with van der Waals surface area (Å²) < 4.78 is 0. The minimum absolute atomic E-state index is 0.0523. The van der Waals surface area contributed by atoms with Crippen LogP contribution in [0.2, 0.25) is 0 Å². The number of hydrogen-bond acceptors (Lipinski definition) is 2. The van der Waals surface area contributed by atoms with Gasteiger partial charge in [0.05, 0.1) is 10.4 Å². The second kappa shape index (κ2) is 5.70. The zero-order valence-electron chi connectivity index (χ0n) is 11.2. The molecule has 4 heteroatoms. The Morgan fingerprint density at radius 1 is 1.21 bits per heavy atom. The van der Waals surface area contributed by atoms with Crippen LogP contribution in [0, 0.1) is 12.3 Å². The SMILES string of the molecule is Cc1ccc(NC(=O)C2(C(N)=S)CCCCC2)cc1. The molecule has 0 atom stereocenters. The van der Waals surface area contributed by atoms with Crippen molar-refractivity contribution < 1.29 is 4.79 Å². The molecule has 3 nitrogen and oxygen atoms in total. The normalized spacial score (nSPS) is 17.7. The van der Waals surface area contributed by atoms with Gasteiger partial charge in [0.25, 0.3) is 0 Å². The maximum Gasteiger partial charge on any atom is 0.237 e. The second-order valence-electron chi connectivity index (χ2n) is 5.33. The number of hydrogen-bond donors (Lipinski definition) is 2. The highest BCUT2D eigenvalue weighted by Gasteiger charge is 2.42. The third kappa shape index (κ3) is 2.95. The second-order valence-corrected chi connectivity index (χ2v) is 5.77. The van der Waals surface area contributed by atoms with Gasteiger partial charge in [-0.2, -0.15) is 0 Å². The highest BCUT2D eigenvalue weighted by Crippen LogP contribution is 2.37. The Kier molecular flexibility index (Phi) is 4.20. The number of nitrogens with two attached hydrogens (primary N) is 1. The largest absolute Gasteiger partial charge is 0.392 e. The molecule has 0 spiro atoms. The molecule has 1 fully saturated rings. The third-order valence-electron chi connectivity index (χ3n) is 3.92. The maximum absolute atomic E-state index is 12.5. The lowest BCUT2D eigenvalue weighted by atomic mass is 9.73. The Hall–Kier alpha value is -1.42. The van der Waals surface area contributed by atoms with E-state index in [0.717, 1.165) is 37.8 Å². The summed E-state index contributed by atoms with van der Waals surface area (Å²) in [6, 6.07) is 7.76. The molecule has 1 saturated carbocycles. The molecule has 102 valence electrons. The quantitative estimate of drug-likeness (QED) is 0.834. The molecule has 1 aromatic rings. The van der Waals surface area contributed by atoms with Gasteiger partial charge in [0.2, 0.25) is 5.91 Å². The van der Waals surface area contributed by atoms with E-state index in [2.05, 4.69) is 5.32 Å². The minimum Gasteiger partial charge on any atom is -0.392 e. The number of amides is 1. The Labute approximate surface area is 119 Å². The zero-order valence-corrected chi connectivity index (χ0v) is 12.1. The van der Waals surface area contributed by atoms with Crippen molar-refractivity contribution in [3.05, 3.63) is 29.8 Å². The predicted octanol–water partition coefficient (Wildman–Crippen LogP) is 3.17. The molecular weight excluding hydrogens is 256 g/mol. The molecule has 0 radical (unpaired) electrons. The standard InChI is InChI=1S/C15H20N2OS/c1-11-5-7-12(8-6-11)17-14(18)15(13(16)19)9-3-2-4-10-15/h5-8H,2-4,9-10H2,1H3,(H2,16,19)(H,17,18). The summed E-state index contributed by atoms with van der Waals surface area (Å²) in [6.07, 6.45) is 4.71. The number of benzene rings is 1. The van der Waals surface area contributed by atoms with E-state index in [0.29, 0.717) is 4.99 Å². The Morgan fingerprint density at radius 3 is 2.32 bits per heavy atom. The van der Waals surface area contributed by atoms with Gasteiger partial charge in [-0.3, -0.25) is 4.79 Å². The summed E-state index contributed by atoms with van der Waals surface area (Å²) in [4.78, 5) is 12.9. The van der Waals surface area contributed by atoms with Crippen LogP contribution in [0.15, 0.2) is 24.3 Å². The van der Waals surface area contributed by atoms with Crippen LogP contribution in [-0.4, -0.2) is 10.9 Å². The number of rotatable bonds is 3. The summed E-state index contributed by atoms with van der Waals surface area (Å²) in [5, 5.41) is 2.95. The zero-order chi connectivity index (χ0) is 13.9. The Morgan fingerprint density at radius 2 is 1.79 bits per heavy atom. The van der Waals surface area contributed by atoms with Crippen LogP contribution in [-0.2, 0) is 4.79 Å². The fourth-order valence-electron chi connectivity index (χ4n) is 2.63. The van der Waals surface area contributed by atoms with Gasteiger partial charge >= 0.3 is 0 Å².